The normalized spacial score (nSPS) is 33.3. The van der Waals surface area contributed by atoms with E-state index in [0.29, 0.717) is 6.54 Å². The fraction of sp³-hybridized carbons (Fsp3) is 0.900. The van der Waals surface area contributed by atoms with Crippen LogP contribution < -0.4 is 5.32 Å². The Morgan fingerprint density at radius 2 is 2.00 bits per heavy atom. The molecule has 2 fully saturated rings. The Balaban J connectivity index is 1.85. The van der Waals surface area contributed by atoms with Crippen molar-refractivity contribution in [1.82, 2.24) is 10.2 Å². The minimum absolute atomic E-state index is 0.154. The maximum atomic E-state index is 11.2. The molecule has 2 atom stereocenters. The van der Waals surface area contributed by atoms with E-state index < -0.39 is 0 Å². The van der Waals surface area contributed by atoms with Crippen molar-refractivity contribution in [2.45, 2.75) is 19.3 Å². The number of hydrogen-bond acceptors (Lipinski definition) is 2. The summed E-state index contributed by atoms with van der Waals surface area (Å²) in [6, 6.07) is 0. The highest BCUT2D eigenvalue weighted by Crippen LogP contribution is 2.35. The maximum Gasteiger partial charge on any atom is 0.233 e. The van der Waals surface area contributed by atoms with Gasteiger partial charge in [-0.05, 0) is 31.1 Å². The van der Waals surface area contributed by atoms with Gasteiger partial charge < -0.3 is 5.32 Å². The van der Waals surface area contributed by atoms with Gasteiger partial charge in [-0.3, -0.25) is 9.69 Å². The van der Waals surface area contributed by atoms with Crippen LogP contribution in [0.1, 0.15) is 19.3 Å². The van der Waals surface area contributed by atoms with Gasteiger partial charge in [-0.25, -0.2) is 0 Å². The van der Waals surface area contributed by atoms with Gasteiger partial charge >= 0.3 is 0 Å². The molecule has 1 N–H and O–H groups in total. The van der Waals surface area contributed by atoms with Gasteiger partial charge in [0.1, 0.15) is 0 Å². The van der Waals surface area contributed by atoms with Crippen molar-refractivity contribution in [3.05, 3.63) is 0 Å². The van der Waals surface area contributed by atoms with E-state index in [0.717, 1.165) is 24.9 Å². The number of rotatable bonds is 2. The second-order valence-corrected chi connectivity index (χ2v) is 4.41. The fourth-order valence-electron chi connectivity index (χ4n) is 2.73. The number of carbonyl (C=O) groups is 1. The average molecular weight is 182 g/mol. The molecule has 1 heterocycles. The van der Waals surface area contributed by atoms with Gasteiger partial charge in [0.05, 0.1) is 6.54 Å². The molecule has 1 aliphatic heterocycles. The number of likely N-dealkylation sites (N-methyl/N-ethyl adjacent to an activating group) is 1. The third kappa shape index (κ3) is 2.02. The zero-order chi connectivity index (χ0) is 9.26. The Bertz CT molecular complexity index is 193. The Labute approximate surface area is 79.5 Å². The second kappa shape index (κ2) is 3.66. The predicted octanol–water partition coefficient (Wildman–Crippen LogP) is 0.464. The minimum atomic E-state index is 0.154. The van der Waals surface area contributed by atoms with Crippen molar-refractivity contribution in [2.75, 3.05) is 26.7 Å². The third-order valence-electron chi connectivity index (χ3n) is 3.33. The van der Waals surface area contributed by atoms with Crippen LogP contribution in [-0.2, 0) is 4.79 Å². The van der Waals surface area contributed by atoms with Gasteiger partial charge in [-0.1, -0.05) is 0 Å². The summed E-state index contributed by atoms with van der Waals surface area (Å²) in [5.74, 6) is 1.91. The molecule has 1 saturated heterocycles. The highest BCUT2D eigenvalue weighted by Gasteiger charge is 2.33. The summed E-state index contributed by atoms with van der Waals surface area (Å²) in [5, 5.41) is 2.68. The van der Waals surface area contributed by atoms with Crippen molar-refractivity contribution in [2.24, 2.45) is 11.8 Å². The first kappa shape index (κ1) is 9.00. The molecule has 2 aliphatic rings. The van der Waals surface area contributed by atoms with Gasteiger partial charge in [0.25, 0.3) is 0 Å². The summed E-state index contributed by atoms with van der Waals surface area (Å²) in [4.78, 5) is 13.5. The number of hydrogen-bond donors (Lipinski definition) is 1. The minimum Gasteiger partial charge on any atom is -0.358 e. The van der Waals surface area contributed by atoms with Crippen molar-refractivity contribution < 1.29 is 4.79 Å². The van der Waals surface area contributed by atoms with Crippen LogP contribution in [0, 0.1) is 11.8 Å². The molecule has 3 heteroatoms. The lowest BCUT2D eigenvalue weighted by atomic mass is 9.99. The van der Waals surface area contributed by atoms with Crippen molar-refractivity contribution in [3.8, 4) is 0 Å². The highest BCUT2D eigenvalue weighted by molar-refractivity contribution is 5.77. The van der Waals surface area contributed by atoms with E-state index in [1.54, 1.807) is 7.05 Å². The van der Waals surface area contributed by atoms with Gasteiger partial charge in [-0.2, -0.15) is 0 Å². The molecule has 13 heavy (non-hydrogen) atoms. The second-order valence-electron chi connectivity index (χ2n) is 4.41. The first-order valence-electron chi connectivity index (χ1n) is 5.21. The van der Waals surface area contributed by atoms with Crippen LogP contribution in [-0.4, -0.2) is 37.5 Å². The Kier molecular flexibility index (Phi) is 2.54. The van der Waals surface area contributed by atoms with E-state index in [2.05, 4.69) is 10.2 Å². The van der Waals surface area contributed by atoms with Crippen molar-refractivity contribution >= 4 is 5.91 Å². The van der Waals surface area contributed by atoms with Gasteiger partial charge in [0, 0.05) is 20.1 Å². The lowest BCUT2D eigenvalue weighted by Crippen LogP contribution is -2.42. The number of fused-ring (bicyclic) bond motifs is 2. The molecule has 2 unspecified atom stereocenters. The Morgan fingerprint density at radius 3 is 2.54 bits per heavy atom. The first-order chi connectivity index (χ1) is 6.28. The van der Waals surface area contributed by atoms with E-state index in [1.165, 1.54) is 19.3 Å². The summed E-state index contributed by atoms with van der Waals surface area (Å²) < 4.78 is 0. The molecule has 0 aromatic heterocycles. The average Bonchev–Trinajstić information content (AvgIpc) is 2.46. The molecule has 0 aromatic rings. The van der Waals surface area contributed by atoms with Crippen LogP contribution in [0.4, 0.5) is 0 Å². The number of nitrogens with zero attached hydrogens (tertiary/aromatic N) is 1. The van der Waals surface area contributed by atoms with Crippen LogP contribution in [0.5, 0.6) is 0 Å². The molecule has 2 rings (SSSR count). The van der Waals surface area contributed by atoms with E-state index in [1.807, 2.05) is 0 Å². The van der Waals surface area contributed by atoms with Gasteiger partial charge in [0.2, 0.25) is 5.91 Å². The fourth-order valence-corrected chi connectivity index (χ4v) is 2.73. The molecule has 0 spiro atoms. The summed E-state index contributed by atoms with van der Waals surface area (Å²) in [5.41, 5.74) is 0. The van der Waals surface area contributed by atoms with E-state index in [9.17, 15) is 4.79 Å². The lowest BCUT2D eigenvalue weighted by molar-refractivity contribution is -0.122. The molecular formula is C10H18N2O. The highest BCUT2D eigenvalue weighted by atomic mass is 16.1. The van der Waals surface area contributed by atoms with Crippen molar-refractivity contribution in [1.29, 1.82) is 0 Å². The molecule has 0 aromatic carbocycles. The van der Waals surface area contributed by atoms with Crippen molar-refractivity contribution in [3.63, 3.8) is 0 Å². The zero-order valence-electron chi connectivity index (χ0n) is 8.25. The molecule has 1 amide bonds. The van der Waals surface area contributed by atoms with E-state index in [4.69, 9.17) is 0 Å². The SMILES string of the molecule is CNC(=O)CN1CC2CCC(C2)C1. The molecular weight excluding hydrogens is 164 g/mol. The molecule has 74 valence electrons. The number of piperidine rings is 1. The molecule has 2 bridgehead atoms. The lowest BCUT2D eigenvalue weighted by Gasteiger charge is -2.30. The van der Waals surface area contributed by atoms with Crippen LogP contribution >= 0.6 is 0 Å². The molecule has 1 saturated carbocycles. The zero-order valence-corrected chi connectivity index (χ0v) is 8.25. The van der Waals surface area contributed by atoms with Gasteiger partial charge in [-0.15, -0.1) is 0 Å². The van der Waals surface area contributed by atoms with Crippen LogP contribution in [0.2, 0.25) is 0 Å². The molecule has 1 aliphatic carbocycles. The Hall–Kier alpha value is -0.570. The maximum absolute atomic E-state index is 11.2. The van der Waals surface area contributed by atoms with Crippen LogP contribution in [0.3, 0.4) is 0 Å². The quantitative estimate of drug-likeness (QED) is 0.673. The smallest absolute Gasteiger partial charge is 0.233 e. The third-order valence-corrected chi connectivity index (χ3v) is 3.33. The standard InChI is InChI=1S/C10H18N2O/c1-11-10(13)7-12-5-8-2-3-9(4-8)6-12/h8-9H,2-7H2,1H3,(H,11,13). The summed E-state index contributed by atoms with van der Waals surface area (Å²) in [7, 11) is 1.71. The van der Waals surface area contributed by atoms with Crippen LogP contribution in [0.25, 0.3) is 0 Å². The Morgan fingerprint density at radius 1 is 1.38 bits per heavy atom. The topological polar surface area (TPSA) is 32.3 Å². The van der Waals surface area contributed by atoms with E-state index >= 15 is 0 Å². The molecule has 0 radical (unpaired) electrons. The monoisotopic (exact) mass is 182 g/mol. The number of amides is 1. The molecule has 3 nitrogen and oxygen atoms in total. The van der Waals surface area contributed by atoms with Gasteiger partial charge in [0.15, 0.2) is 0 Å². The largest absolute Gasteiger partial charge is 0.358 e. The number of carbonyl (C=O) groups excluding carboxylic acids is 1. The number of nitrogens with one attached hydrogen (secondary N) is 1. The summed E-state index contributed by atoms with van der Waals surface area (Å²) in [6.07, 6.45) is 4.17. The van der Waals surface area contributed by atoms with E-state index in [-0.39, 0.29) is 5.91 Å². The summed E-state index contributed by atoms with van der Waals surface area (Å²) in [6.45, 7) is 2.89. The van der Waals surface area contributed by atoms with Crippen LogP contribution in [0.15, 0.2) is 0 Å². The number of likely N-dealkylation sites (tertiary alicyclic amines) is 1. The summed E-state index contributed by atoms with van der Waals surface area (Å²) >= 11 is 0. The predicted molar refractivity (Wildman–Crippen MR) is 51.3 cm³/mol. The first-order valence-corrected chi connectivity index (χ1v) is 5.21.